The maximum Gasteiger partial charge on any atom is 0.255 e. The lowest BCUT2D eigenvalue weighted by molar-refractivity contribution is -0.149. The minimum absolute atomic E-state index is 0.201. The molecular weight excluding hydrogens is 210 g/mol. The Hall–Kier alpha value is -1.12. The molecule has 0 spiro atoms. The van der Waals surface area contributed by atoms with Crippen LogP contribution in [-0.4, -0.2) is 12.0 Å². The quantitative estimate of drug-likeness (QED) is 0.511. The molecule has 1 aliphatic carbocycles. The van der Waals surface area contributed by atoms with Gasteiger partial charge in [0.05, 0.1) is 0 Å². The highest BCUT2D eigenvalue weighted by Crippen LogP contribution is 2.40. The monoisotopic (exact) mass is 230 g/mol. The van der Waals surface area contributed by atoms with Gasteiger partial charge in [-0.25, -0.2) is 8.78 Å². The molecule has 3 heteroatoms. The molecule has 1 aliphatic rings. The minimum atomic E-state index is -2.54. The van der Waals surface area contributed by atoms with Crippen molar-refractivity contribution in [1.82, 2.24) is 0 Å². The van der Waals surface area contributed by atoms with Gasteiger partial charge in [-0.15, -0.1) is 0 Å². The Morgan fingerprint density at radius 3 is 2.12 bits per heavy atom. The van der Waals surface area contributed by atoms with Crippen LogP contribution in [0.3, 0.4) is 0 Å². The molecule has 0 radical (unpaired) electrons. The standard InChI is InChI=1S/C11H14F2O.C2H6/c1-8(2)4-5-9(3)14-10-6-11(12,13)7-10;1-2/h4-5,10H,1,3,6-7H2,2H3;1-2H3/b5-4-;. The SMILES string of the molecule is C=C(C)/C=C\C(=C)OC1CC(F)(F)C1.CC. The molecule has 0 amide bonds. The summed E-state index contributed by atoms with van der Waals surface area (Å²) in [6.07, 6.45) is 2.59. The normalized spacial score (nSPS) is 18.3. The van der Waals surface area contributed by atoms with Gasteiger partial charge in [-0.3, -0.25) is 0 Å². The molecule has 0 aliphatic heterocycles. The predicted octanol–water partition coefficient (Wildman–Crippen LogP) is 4.47. The Kier molecular flexibility index (Phi) is 6.01. The third-order valence-electron chi connectivity index (χ3n) is 1.92. The van der Waals surface area contributed by atoms with E-state index in [-0.39, 0.29) is 18.9 Å². The van der Waals surface area contributed by atoms with Crippen LogP contribution < -0.4 is 0 Å². The smallest absolute Gasteiger partial charge is 0.255 e. The van der Waals surface area contributed by atoms with E-state index in [1.807, 2.05) is 20.8 Å². The number of hydrogen-bond donors (Lipinski definition) is 0. The Morgan fingerprint density at radius 2 is 1.75 bits per heavy atom. The molecule has 1 saturated carbocycles. The molecule has 16 heavy (non-hydrogen) atoms. The van der Waals surface area contributed by atoms with E-state index in [4.69, 9.17) is 4.74 Å². The average molecular weight is 230 g/mol. The van der Waals surface area contributed by atoms with Gasteiger partial charge >= 0.3 is 0 Å². The molecule has 1 fully saturated rings. The zero-order valence-corrected chi connectivity index (χ0v) is 10.2. The van der Waals surface area contributed by atoms with E-state index >= 15 is 0 Å². The van der Waals surface area contributed by atoms with Gasteiger partial charge in [-0.2, -0.15) is 0 Å². The minimum Gasteiger partial charge on any atom is -0.491 e. The van der Waals surface area contributed by atoms with E-state index in [2.05, 4.69) is 13.2 Å². The summed E-state index contributed by atoms with van der Waals surface area (Å²) in [4.78, 5) is 0. The maximum atomic E-state index is 12.4. The molecule has 0 aromatic carbocycles. The van der Waals surface area contributed by atoms with E-state index in [1.165, 1.54) is 0 Å². The highest BCUT2D eigenvalue weighted by atomic mass is 19.3. The Balaban J connectivity index is 0.00000106. The van der Waals surface area contributed by atoms with Gasteiger partial charge in [0.1, 0.15) is 11.9 Å². The van der Waals surface area contributed by atoms with Crippen LogP contribution in [0.4, 0.5) is 8.78 Å². The van der Waals surface area contributed by atoms with E-state index in [1.54, 1.807) is 12.2 Å². The molecule has 0 bridgehead atoms. The third-order valence-corrected chi connectivity index (χ3v) is 1.92. The van der Waals surface area contributed by atoms with Crippen molar-refractivity contribution in [2.24, 2.45) is 0 Å². The highest BCUT2D eigenvalue weighted by molar-refractivity contribution is 5.19. The van der Waals surface area contributed by atoms with Crippen molar-refractivity contribution in [2.45, 2.75) is 45.6 Å². The van der Waals surface area contributed by atoms with Gasteiger partial charge in [0.2, 0.25) is 0 Å². The highest BCUT2D eigenvalue weighted by Gasteiger charge is 2.46. The van der Waals surface area contributed by atoms with Crippen LogP contribution in [0, 0.1) is 0 Å². The molecule has 0 unspecified atom stereocenters. The summed E-state index contributed by atoms with van der Waals surface area (Å²) in [5.74, 6) is -2.13. The molecule has 0 saturated heterocycles. The van der Waals surface area contributed by atoms with Crippen molar-refractivity contribution in [3.63, 3.8) is 0 Å². The average Bonchev–Trinajstić information content (AvgIpc) is 2.15. The fourth-order valence-corrected chi connectivity index (χ4v) is 1.18. The molecule has 0 aromatic heterocycles. The fraction of sp³-hybridized carbons (Fsp3) is 0.538. The summed E-state index contributed by atoms with van der Waals surface area (Å²) in [7, 11) is 0. The molecule has 92 valence electrons. The number of alkyl halides is 2. The Bertz CT molecular complexity index is 272. The summed E-state index contributed by atoms with van der Waals surface area (Å²) in [6.45, 7) is 13.1. The second-order valence-corrected chi connectivity index (χ2v) is 3.65. The Morgan fingerprint density at radius 1 is 1.25 bits per heavy atom. The number of hydrogen-bond acceptors (Lipinski definition) is 1. The molecule has 1 nitrogen and oxygen atoms in total. The zero-order chi connectivity index (χ0) is 12.8. The molecular formula is C13H20F2O. The van der Waals surface area contributed by atoms with Crippen molar-refractivity contribution < 1.29 is 13.5 Å². The largest absolute Gasteiger partial charge is 0.491 e. The van der Waals surface area contributed by atoms with E-state index in [0.717, 1.165) is 5.57 Å². The van der Waals surface area contributed by atoms with Gasteiger partial charge in [0.15, 0.2) is 0 Å². The van der Waals surface area contributed by atoms with Crippen LogP contribution in [0.5, 0.6) is 0 Å². The van der Waals surface area contributed by atoms with Gasteiger partial charge < -0.3 is 4.74 Å². The van der Waals surface area contributed by atoms with Crippen LogP contribution in [-0.2, 0) is 4.74 Å². The number of rotatable bonds is 4. The summed E-state index contributed by atoms with van der Waals surface area (Å²) in [5, 5.41) is 0. The number of halogens is 2. The van der Waals surface area contributed by atoms with Crippen molar-refractivity contribution in [2.75, 3.05) is 0 Å². The summed E-state index contributed by atoms with van der Waals surface area (Å²) in [5.41, 5.74) is 0.869. The van der Waals surface area contributed by atoms with Crippen LogP contribution in [0.25, 0.3) is 0 Å². The lowest BCUT2D eigenvalue weighted by Gasteiger charge is -2.34. The van der Waals surface area contributed by atoms with Crippen LogP contribution in [0.15, 0.2) is 36.6 Å². The summed E-state index contributed by atoms with van der Waals surface area (Å²) < 4.78 is 30.0. The first kappa shape index (κ1) is 14.9. The zero-order valence-electron chi connectivity index (χ0n) is 10.2. The van der Waals surface area contributed by atoms with E-state index in [9.17, 15) is 8.78 Å². The van der Waals surface area contributed by atoms with Gasteiger partial charge in [0, 0.05) is 12.8 Å². The first-order chi connectivity index (χ1) is 7.39. The second-order valence-electron chi connectivity index (χ2n) is 3.65. The second kappa shape index (κ2) is 6.46. The summed E-state index contributed by atoms with van der Waals surface area (Å²) >= 11 is 0. The van der Waals surface area contributed by atoms with Crippen molar-refractivity contribution in [3.05, 3.63) is 36.6 Å². The number of ether oxygens (including phenoxy) is 1. The molecule has 0 atom stereocenters. The maximum absolute atomic E-state index is 12.4. The molecule has 0 N–H and O–H groups in total. The molecule has 0 aromatic rings. The van der Waals surface area contributed by atoms with Crippen LogP contribution in [0.2, 0.25) is 0 Å². The lowest BCUT2D eigenvalue weighted by atomic mass is 9.91. The molecule has 0 heterocycles. The van der Waals surface area contributed by atoms with Gasteiger partial charge in [-0.05, 0) is 13.0 Å². The van der Waals surface area contributed by atoms with E-state index in [0.29, 0.717) is 5.76 Å². The lowest BCUT2D eigenvalue weighted by Crippen LogP contribution is -2.40. The van der Waals surface area contributed by atoms with Crippen LogP contribution in [0.1, 0.15) is 33.6 Å². The number of allylic oxidation sites excluding steroid dienone is 3. The first-order valence-electron chi connectivity index (χ1n) is 5.46. The Labute approximate surface area is 96.5 Å². The van der Waals surface area contributed by atoms with E-state index < -0.39 is 5.92 Å². The first-order valence-corrected chi connectivity index (χ1v) is 5.46. The molecule has 1 rings (SSSR count). The third kappa shape index (κ3) is 5.69. The van der Waals surface area contributed by atoms with Gasteiger partial charge in [0.25, 0.3) is 5.92 Å². The van der Waals surface area contributed by atoms with Crippen molar-refractivity contribution in [1.29, 1.82) is 0 Å². The fourth-order valence-electron chi connectivity index (χ4n) is 1.18. The summed E-state index contributed by atoms with van der Waals surface area (Å²) in [6, 6.07) is 0. The topological polar surface area (TPSA) is 9.23 Å². The van der Waals surface area contributed by atoms with Crippen LogP contribution >= 0.6 is 0 Å². The van der Waals surface area contributed by atoms with Crippen molar-refractivity contribution >= 4 is 0 Å². The predicted molar refractivity (Wildman–Crippen MR) is 63.5 cm³/mol. The van der Waals surface area contributed by atoms with Crippen molar-refractivity contribution in [3.8, 4) is 0 Å². The van der Waals surface area contributed by atoms with Gasteiger partial charge in [-0.1, -0.05) is 38.7 Å².